The molecule has 3 heterocycles. The molecule has 1 aromatic carbocycles. The Labute approximate surface area is 199 Å². The summed E-state index contributed by atoms with van der Waals surface area (Å²) in [6.07, 6.45) is 6.82. The minimum atomic E-state index is -0.122. The van der Waals surface area contributed by atoms with Gasteiger partial charge in [0.1, 0.15) is 18.0 Å². The van der Waals surface area contributed by atoms with Crippen LogP contribution < -0.4 is 10.6 Å². The lowest BCUT2D eigenvalue weighted by Gasteiger charge is -2.17. The highest BCUT2D eigenvalue weighted by Crippen LogP contribution is 2.27. The molecule has 0 unspecified atom stereocenters. The summed E-state index contributed by atoms with van der Waals surface area (Å²) < 4.78 is 0. The maximum atomic E-state index is 12.3. The molecular formula is C26H29N7O. The van der Waals surface area contributed by atoms with Gasteiger partial charge in [0.05, 0.1) is 16.8 Å². The molecule has 34 heavy (non-hydrogen) atoms. The van der Waals surface area contributed by atoms with E-state index in [4.69, 9.17) is 0 Å². The SMILES string of the molecule is CNC(=O)c1ccnc2c([C@H](C)CNc3cc(-c4cnc(C(C)(C)C)nc4)ncn3)cccc12. The largest absolute Gasteiger partial charge is 0.369 e. The van der Waals surface area contributed by atoms with E-state index in [2.05, 4.69) is 69.3 Å². The number of anilines is 1. The van der Waals surface area contributed by atoms with Gasteiger partial charge in [-0.2, -0.15) is 0 Å². The molecule has 4 rings (SSSR count). The summed E-state index contributed by atoms with van der Waals surface area (Å²) >= 11 is 0. The number of carbonyl (C=O) groups excluding carboxylic acids is 1. The first-order chi connectivity index (χ1) is 16.3. The molecule has 0 radical (unpaired) electrons. The third-order valence-corrected chi connectivity index (χ3v) is 5.68. The Hall–Kier alpha value is -3.94. The highest BCUT2D eigenvalue weighted by atomic mass is 16.1. The van der Waals surface area contributed by atoms with Crippen LogP contribution in [0.2, 0.25) is 0 Å². The van der Waals surface area contributed by atoms with E-state index in [1.165, 1.54) is 6.33 Å². The van der Waals surface area contributed by atoms with E-state index in [-0.39, 0.29) is 17.2 Å². The molecule has 0 aliphatic heterocycles. The van der Waals surface area contributed by atoms with Crippen LogP contribution in [0.25, 0.3) is 22.2 Å². The number of aromatic nitrogens is 5. The van der Waals surface area contributed by atoms with Gasteiger partial charge in [-0.05, 0) is 11.6 Å². The number of hydrogen-bond acceptors (Lipinski definition) is 7. The van der Waals surface area contributed by atoms with Gasteiger partial charge < -0.3 is 10.6 Å². The monoisotopic (exact) mass is 455 g/mol. The van der Waals surface area contributed by atoms with Crippen LogP contribution in [0, 0.1) is 0 Å². The fourth-order valence-corrected chi connectivity index (χ4v) is 3.76. The van der Waals surface area contributed by atoms with Crippen LogP contribution in [-0.4, -0.2) is 44.4 Å². The van der Waals surface area contributed by atoms with Crippen molar-refractivity contribution in [3.8, 4) is 11.3 Å². The molecule has 3 aromatic heterocycles. The Balaban J connectivity index is 1.52. The lowest BCUT2D eigenvalue weighted by atomic mass is 9.95. The fourth-order valence-electron chi connectivity index (χ4n) is 3.76. The van der Waals surface area contributed by atoms with Crippen LogP contribution in [-0.2, 0) is 5.41 Å². The number of amides is 1. The van der Waals surface area contributed by atoms with Crippen LogP contribution in [0.4, 0.5) is 5.82 Å². The lowest BCUT2D eigenvalue weighted by molar-refractivity contribution is 0.0964. The topological polar surface area (TPSA) is 106 Å². The van der Waals surface area contributed by atoms with Gasteiger partial charge in [-0.15, -0.1) is 0 Å². The molecular weight excluding hydrogens is 426 g/mol. The molecule has 0 aliphatic rings. The van der Waals surface area contributed by atoms with Crippen LogP contribution in [0.3, 0.4) is 0 Å². The van der Waals surface area contributed by atoms with Gasteiger partial charge in [-0.25, -0.2) is 19.9 Å². The van der Waals surface area contributed by atoms with Gasteiger partial charge in [0.25, 0.3) is 5.91 Å². The summed E-state index contributed by atoms with van der Waals surface area (Å²) in [7, 11) is 1.63. The van der Waals surface area contributed by atoms with Gasteiger partial charge in [-0.3, -0.25) is 9.78 Å². The third-order valence-electron chi connectivity index (χ3n) is 5.68. The van der Waals surface area contributed by atoms with Crippen LogP contribution in [0.5, 0.6) is 0 Å². The average Bonchev–Trinajstić information content (AvgIpc) is 2.85. The van der Waals surface area contributed by atoms with Crippen molar-refractivity contribution in [1.82, 2.24) is 30.2 Å². The zero-order valence-electron chi connectivity index (χ0n) is 20.1. The van der Waals surface area contributed by atoms with Gasteiger partial charge in [0, 0.05) is 60.5 Å². The lowest BCUT2D eigenvalue weighted by Crippen LogP contribution is -2.18. The van der Waals surface area contributed by atoms with Crippen LogP contribution >= 0.6 is 0 Å². The van der Waals surface area contributed by atoms with E-state index in [9.17, 15) is 4.79 Å². The molecule has 8 nitrogen and oxygen atoms in total. The first kappa shape index (κ1) is 23.2. The molecule has 1 amide bonds. The molecule has 2 N–H and O–H groups in total. The normalized spacial score (nSPS) is 12.4. The first-order valence-corrected chi connectivity index (χ1v) is 11.3. The van der Waals surface area contributed by atoms with Crippen LogP contribution in [0.15, 0.2) is 55.2 Å². The van der Waals surface area contributed by atoms with Crippen LogP contribution in [0.1, 0.15) is 55.4 Å². The second kappa shape index (κ2) is 9.51. The predicted octanol–water partition coefficient (Wildman–Crippen LogP) is 4.35. The number of fused-ring (bicyclic) bond motifs is 1. The Morgan fingerprint density at radius 2 is 1.79 bits per heavy atom. The molecule has 0 spiro atoms. The summed E-state index contributed by atoms with van der Waals surface area (Å²) in [6.45, 7) is 9.01. The second-order valence-corrected chi connectivity index (χ2v) is 9.30. The van der Waals surface area contributed by atoms with E-state index in [0.717, 1.165) is 39.4 Å². The molecule has 0 fully saturated rings. The molecule has 4 aromatic rings. The van der Waals surface area contributed by atoms with Crippen molar-refractivity contribution >= 4 is 22.6 Å². The Morgan fingerprint density at radius 3 is 2.50 bits per heavy atom. The smallest absolute Gasteiger partial charge is 0.251 e. The van der Waals surface area contributed by atoms with E-state index >= 15 is 0 Å². The minimum absolute atomic E-state index is 0.107. The maximum absolute atomic E-state index is 12.3. The summed E-state index contributed by atoms with van der Waals surface area (Å²) in [5, 5.41) is 6.94. The van der Waals surface area contributed by atoms with Gasteiger partial charge in [0.15, 0.2) is 0 Å². The maximum Gasteiger partial charge on any atom is 0.251 e. The molecule has 0 bridgehead atoms. The third kappa shape index (κ3) is 4.85. The molecule has 1 atom stereocenters. The Bertz CT molecular complexity index is 1310. The number of benzene rings is 1. The Kier molecular flexibility index (Phi) is 6.49. The number of para-hydroxylation sites is 1. The number of pyridine rings is 1. The summed E-state index contributed by atoms with van der Waals surface area (Å²) in [4.78, 5) is 34.6. The number of rotatable bonds is 6. The summed E-state index contributed by atoms with van der Waals surface area (Å²) in [6, 6.07) is 9.59. The summed E-state index contributed by atoms with van der Waals surface area (Å²) in [5.74, 6) is 1.52. The molecule has 174 valence electrons. The van der Waals surface area contributed by atoms with Crippen molar-refractivity contribution in [2.75, 3.05) is 18.9 Å². The van der Waals surface area contributed by atoms with E-state index in [0.29, 0.717) is 12.1 Å². The van der Waals surface area contributed by atoms with E-state index in [1.54, 1.807) is 31.7 Å². The van der Waals surface area contributed by atoms with E-state index < -0.39 is 0 Å². The zero-order valence-corrected chi connectivity index (χ0v) is 20.1. The summed E-state index contributed by atoms with van der Waals surface area (Å²) in [5.41, 5.74) is 4.01. The van der Waals surface area contributed by atoms with Crippen molar-refractivity contribution in [2.45, 2.75) is 39.0 Å². The van der Waals surface area contributed by atoms with Crippen molar-refractivity contribution in [1.29, 1.82) is 0 Å². The number of carbonyl (C=O) groups is 1. The molecule has 8 heteroatoms. The predicted molar refractivity (Wildman–Crippen MR) is 134 cm³/mol. The van der Waals surface area contributed by atoms with Crippen molar-refractivity contribution in [2.24, 2.45) is 0 Å². The fraction of sp³-hybridized carbons (Fsp3) is 0.308. The van der Waals surface area contributed by atoms with Crippen molar-refractivity contribution < 1.29 is 4.79 Å². The Morgan fingerprint density at radius 1 is 1.03 bits per heavy atom. The number of nitrogens with one attached hydrogen (secondary N) is 2. The molecule has 0 aliphatic carbocycles. The van der Waals surface area contributed by atoms with Crippen molar-refractivity contribution in [3.63, 3.8) is 0 Å². The van der Waals surface area contributed by atoms with Gasteiger partial charge in [-0.1, -0.05) is 45.9 Å². The first-order valence-electron chi connectivity index (χ1n) is 11.3. The van der Waals surface area contributed by atoms with E-state index in [1.807, 2.05) is 18.2 Å². The highest BCUT2D eigenvalue weighted by molar-refractivity contribution is 6.06. The van der Waals surface area contributed by atoms with Gasteiger partial charge >= 0.3 is 0 Å². The highest BCUT2D eigenvalue weighted by Gasteiger charge is 2.18. The molecule has 0 saturated heterocycles. The minimum Gasteiger partial charge on any atom is -0.369 e. The number of hydrogen-bond donors (Lipinski definition) is 2. The standard InChI is InChI=1S/C26H29N7O/c1-16(18-7-6-8-19-20(24(34)27-5)9-10-28-23(18)19)12-29-22-11-21(32-15-33-22)17-13-30-25(31-14-17)26(2,3)4/h6-11,13-16H,12H2,1-5H3,(H,27,34)(H,29,32,33)/t16-/m1/s1. The quantitative estimate of drug-likeness (QED) is 0.445. The van der Waals surface area contributed by atoms with Crippen molar-refractivity contribution in [3.05, 3.63) is 72.2 Å². The number of nitrogens with zero attached hydrogens (tertiary/aromatic N) is 5. The second-order valence-electron chi connectivity index (χ2n) is 9.30. The average molecular weight is 456 g/mol. The van der Waals surface area contributed by atoms with Gasteiger partial charge in [0.2, 0.25) is 0 Å². The zero-order chi connectivity index (χ0) is 24.3. The molecule has 0 saturated carbocycles.